The first-order chi connectivity index (χ1) is 13.0. The average molecular weight is 352 g/mol. The molecule has 0 aliphatic carbocycles. The standard InChI is InChI=1S/C24H20N2O/c1-24(2)22-21-18(10-7-11-20(21)26(3)23(24)27)17-13-12-16(14-19(17)25-22)15-8-5-4-6-9-15/h4-14H,1-3H3. The summed E-state index contributed by atoms with van der Waals surface area (Å²) >= 11 is 0. The van der Waals surface area contributed by atoms with Crippen LogP contribution in [-0.4, -0.2) is 17.9 Å². The van der Waals surface area contributed by atoms with E-state index in [0.717, 1.165) is 38.6 Å². The van der Waals surface area contributed by atoms with Crippen LogP contribution in [-0.2, 0) is 10.2 Å². The summed E-state index contributed by atoms with van der Waals surface area (Å²) in [6.07, 6.45) is 0. The minimum absolute atomic E-state index is 0.0774. The summed E-state index contributed by atoms with van der Waals surface area (Å²) in [7, 11) is 1.85. The van der Waals surface area contributed by atoms with E-state index in [9.17, 15) is 4.79 Å². The summed E-state index contributed by atoms with van der Waals surface area (Å²) in [4.78, 5) is 19.7. The zero-order valence-electron chi connectivity index (χ0n) is 15.7. The molecule has 2 heterocycles. The maximum atomic E-state index is 13.0. The molecule has 1 aliphatic rings. The van der Waals surface area contributed by atoms with Gasteiger partial charge in [0.25, 0.3) is 0 Å². The minimum Gasteiger partial charge on any atom is -0.314 e. The van der Waals surface area contributed by atoms with Crippen LogP contribution in [0.2, 0.25) is 0 Å². The highest BCUT2D eigenvalue weighted by molar-refractivity contribution is 6.19. The fraction of sp³-hybridized carbons (Fsp3) is 0.167. The van der Waals surface area contributed by atoms with Gasteiger partial charge in [0.1, 0.15) is 0 Å². The number of likely N-dealkylation sites (N-methyl/N-ethyl adjacent to an activating group) is 1. The van der Waals surface area contributed by atoms with E-state index in [2.05, 4.69) is 36.4 Å². The summed E-state index contributed by atoms with van der Waals surface area (Å²) in [6.45, 7) is 3.94. The van der Waals surface area contributed by atoms with E-state index in [4.69, 9.17) is 4.98 Å². The van der Waals surface area contributed by atoms with E-state index >= 15 is 0 Å². The summed E-state index contributed by atoms with van der Waals surface area (Å²) < 4.78 is 0. The SMILES string of the molecule is CN1C(=O)C(C)(C)c2nc3cc(-c4ccccc4)ccc3c3cccc1c23. The van der Waals surface area contributed by atoms with Crippen molar-refractivity contribution in [1.29, 1.82) is 0 Å². The van der Waals surface area contributed by atoms with Gasteiger partial charge in [-0.3, -0.25) is 9.78 Å². The molecule has 132 valence electrons. The Bertz CT molecular complexity index is 1230. The van der Waals surface area contributed by atoms with Crippen LogP contribution in [0.1, 0.15) is 19.5 Å². The van der Waals surface area contributed by atoms with Crippen LogP contribution in [0.15, 0.2) is 66.7 Å². The lowest BCUT2D eigenvalue weighted by Gasteiger charge is -2.36. The Hall–Kier alpha value is -3.20. The van der Waals surface area contributed by atoms with Gasteiger partial charge in [-0.1, -0.05) is 54.6 Å². The molecule has 1 amide bonds. The fourth-order valence-corrected chi connectivity index (χ4v) is 4.21. The molecular formula is C24H20N2O. The van der Waals surface area contributed by atoms with Gasteiger partial charge in [0, 0.05) is 17.8 Å². The Morgan fingerprint density at radius 3 is 2.41 bits per heavy atom. The maximum Gasteiger partial charge on any atom is 0.238 e. The van der Waals surface area contributed by atoms with E-state index in [0.29, 0.717) is 0 Å². The molecule has 0 saturated heterocycles. The van der Waals surface area contributed by atoms with E-state index in [-0.39, 0.29) is 5.91 Å². The molecule has 0 N–H and O–H groups in total. The first-order valence-corrected chi connectivity index (χ1v) is 9.19. The van der Waals surface area contributed by atoms with E-state index < -0.39 is 5.41 Å². The quantitative estimate of drug-likeness (QED) is 0.435. The topological polar surface area (TPSA) is 33.2 Å². The van der Waals surface area contributed by atoms with Crippen LogP contribution in [0.4, 0.5) is 5.69 Å². The second-order valence-corrected chi connectivity index (χ2v) is 7.75. The van der Waals surface area contributed by atoms with Crippen LogP contribution in [0.3, 0.4) is 0 Å². The molecule has 4 aromatic rings. The van der Waals surface area contributed by atoms with Crippen LogP contribution in [0.5, 0.6) is 0 Å². The monoisotopic (exact) mass is 352 g/mol. The summed E-state index contributed by atoms with van der Waals surface area (Å²) in [5, 5.41) is 3.36. The Kier molecular flexibility index (Phi) is 3.20. The van der Waals surface area contributed by atoms with Gasteiger partial charge in [-0.25, -0.2) is 0 Å². The lowest BCUT2D eigenvalue weighted by Crippen LogP contribution is -2.45. The van der Waals surface area contributed by atoms with Crippen molar-refractivity contribution in [3.8, 4) is 11.1 Å². The number of fused-ring (bicyclic) bond motifs is 2. The van der Waals surface area contributed by atoms with Crippen molar-refractivity contribution in [3.63, 3.8) is 0 Å². The van der Waals surface area contributed by atoms with Crippen LogP contribution >= 0.6 is 0 Å². The van der Waals surface area contributed by atoms with Crippen LogP contribution < -0.4 is 4.90 Å². The van der Waals surface area contributed by atoms with Crippen molar-refractivity contribution >= 4 is 33.3 Å². The highest BCUT2D eigenvalue weighted by Crippen LogP contribution is 2.43. The predicted octanol–water partition coefficient (Wildman–Crippen LogP) is 5.31. The largest absolute Gasteiger partial charge is 0.314 e. The lowest BCUT2D eigenvalue weighted by atomic mass is 9.80. The second-order valence-electron chi connectivity index (χ2n) is 7.75. The highest BCUT2D eigenvalue weighted by atomic mass is 16.2. The minimum atomic E-state index is -0.654. The molecule has 5 rings (SSSR count). The number of carbonyl (C=O) groups is 1. The Labute approximate surface area is 158 Å². The van der Waals surface area contributed by atoms with Crippen molar-refractivity contribution in [2.24, 2.45) is 0 Å². The van der Waals surface area contributed by atoms with E-state index in [1.807, 2.05) is 51.2 Å². The number of aromatic nitrogens is 1. The molecule has 1 aliphatic heterocycles. The van der Waals surface area contributed by atoms with Gasteiger partial charge in [-0.15, -0.1) is 0 Å². The second kappa shape index (κ2) is 5.40. The third kappa shape index (κ3) is 2.15. The predicted molar refractivity (Wildman–Crippen MR) is 111 cm³/mol. The third-order valence-electron chi connectivity index (χ3n) is 5.70. The number of rotatable bonds is 1. The molecule has 3 heteroatoms. The van der Waals surface area contributed by atoms with Crippen molar-refractivity contribution in [1.82, 2.24) is 4.98 Å². The van der Waals surface area contributed by atoms with E-state index in [1.54, 1.807) is 4.90 Å². The molecule has 1 aromatic heterocycles. The normalized spacial score (nSPS) is 15.5. The number of benzene rings is 3. The molecule has 27 heavy (non-hydrogen) atoms. The van der Waals surface area contributed by atoms with Gasteiger partial charge < -0.3 is 4.90 Å². The first kappa shape index (κ1) is 16.0. The number of carbonyl (C=O) groups excluding carboxylic acids is 1. The number of hydrogen-bond acceptors (Lipinski definition) is 2. The summed E-state index contributed by atoms with van der Waals surface area (Å²) in [6, 6.07) is 22.9. The smallest absolute Gasteiger partial charge is 0.238 e. The number of amides is 1. The van der Waals surface area contributed by atoms with Gasteiger partial charge in [-0.2, -0.15) is 0 Å². The molecular weight excluding hydrogens is 332 g/mol. The molecule has 0 fully saturated rings. The fourth-order valence-electron chi connectivity index (χ4n) is 4.21. The lowest BCUT2D eigenvalue weighted by molar-refractivity contribution is -0.123. The number of pyridine rings is 1. The van der Waals surface area contributed by atoms with E-state index in [1.165, 1.54) is 5.56 Å². The van der Waals surface area contributed by atoms with Gasteiger partial charge in [0.05, 0.1) is 22.3 Å². The molecule has 0 saturated carbocycles. The van der Waals surface area contributed by atoms with Gasteiger partial charge in [0.15, 0.2) is 0 Å². The number of hydrogen-bond donors (Lipinski definition) is 0. The average Bonchev–Trinajstić information content (AvgIpc) is 2.70. The molecule has 0 spiro atoms. The number of anilines is 1. The van der Waals surface area contributed by atoms with Crippen molar-refractivity contribution in [2.45, 2.75) is 19.3 Å². The van der Waals surface area contributed by atoms with Crippen molar-refractivity contribution in [3.05, 3.63) is 72.4 Å². The summed E-state index contributed by atoms with van der Waals surface area (Å²) in [5.74, 6) is 0.0774. The molecule has 0 radical (unpaired) electrons. The number of nitrogens with zero attached hydrogens (tertiary/aromatic N) is 2. The van der Waals surface area contributed by atoms with Crippen LogP contribution in [0, 0.1) is 0 Å². The summed E-state index contributed by atoms with van der Waals surface area (Å²) in [5.41, 5.74) is 4.39. The zero-order chi connectivity index (χ0) is 18.8. The molecule has 0 bridgehead atoms. The van der Waals surface area contributed by atoms with Crippen molar-refractivity contribution in [2.75, 3.05) is 11.9 Å². The zero-order valence-corrected chi connectivity index (χ0v) is 15.7. The highest BCUT2D eigenvalue weighted by Gasteiger charge is 2.41. The Morgan fingerprint density at radius 1 is 0.852 bits per heavy atom. The van der Waals surface area contributed by atoms with Crippen LogP contribution in [0.25, 0.3) is 32.8 Å². The Morgan fingerprint density at radius 2 is 1.63 bits per heavy atom. The molecule has 3 aromatic carbocycles. The molecule has 0 unspecified atom stereocenters. The van der Waals surface area contributed by atoms with Gasteiger partial charge >= 0.3 is 0 Å². The first-order valence-electron chi connectivity index (χ1n) is 9.19. The van der Waals surface area contributed by atoms with Gasteiger partial charge in [0.2, 0.25) is 5.91 Å². The van der Waals surface area contributed by atoms with Crippen molar-refractivity contribution < 1.29 is 4.79 Å². The maximum absolute atomic E-state index is 13.0. The molecule has 0 atom stereocenters. The molecule has 3 nitrogen and oxygen atoms in total. The third-order valence-corrected chi connectivity index (χ3v) is 5.70. The Balaban J connectivity index is 1.89. The van der Waals surface area contributed by atoms with Gasteiger partial charge in [-0.05, 0) is 42.5 Å².